The average molecular weight is 467 g/mol. The summed E-state index contributed by atoms with van der Waals surface area (Å²) < 4.78 is 13.0. The molecule has 0 bridgehead atoms. The predicted molar refractivity (Wildman–Crippen MR) is 137 cm³/mol. The zero-order valence-electron chi connectivity index (χ0n) is 19.6. The first-order valence-corrected chi connectivity index (χ1v) is 11.5. The van der Waals surface area contributed by atoms with E-state index < -0.39 is 0 Å². The van der Waals surface area contributed by atoms with Gasteiger partial charge in [0, 0.05) is 17.8 Å². The molecule has 0 aromatic heterocycles. The maximum atomic E-state index is 13.4. The zero-order chi connectivity index (χ0) is 24.6. The first-order chi connectivity index (χ1) is 17.0. The number of nitrogens with zero attached hydrogens (tertiary/aromatic N) is 1. The van der Waals surface area contributed by atoms with Crippen LogP contribution in [0, 0.1) is 12.7 Å². The number of hydrogen-bond acceptors (Lipinski definition) is 2. The van der Waals surface area contributed by atoms with Gasteiger partial charge in [0.2, 0.25) is 5.91 Å². The monoisotopic (exact) mass is 466 g/mol. The Balaban J connectivity index is 1.46. The summed E-state index contributed by atoms with van der Waals surface area (Å²) >= 11 is 0. The molecule has 4 aromatic carbocycles. The number of aryl methyl sites for hydroxylation is 1. The van der Waals surface area contributed by atoms with Gasteiger partial charge in [0.15, 0.2) is 0 Å². The summed E-state index contributed by atoms with van der Waals surface area (Å²) in [7, 11) is 0. The van der Waals surface area contributed by atoms with Gasteiger partial charge in [-0.25, -0.2) is 4.39 Å². The Bertz CT molecular complexity index is 1270. The summed E-state index contributed by atoms with van der Waals surface area (Å²) in [6.07, 6.45) is 0.214. The maximum Gasteiger partial charge on any atom is 0.258 e. The van der Waals surface area contributed by atoms with Crippen molar-refractivity contribution in [2.75, 3.05) is 4.90 Å². The van der Waals surface area contributed by atoms with Crippen LogP contribution < -0.4 is 10.2 Å². The number of carbonyl (C=O) groups excluding carboxylic acids is 2. The molecule has 0 saturated carbocycles. The molecule has 4 rings (SSSR count). The summed E-state index contributed by atoms with van der Waals surface area (Å²) in [4.78, 5) is 27.5. The minimum Gasteiger partial charge on any atom is -0.352 e. The lowest BCUT2D eigenvalue weighted by molar-refractivity contribution is -0.120. The van der Waals surface area contributed by atoms with E-state index in [4.69, 9.17) is 0 Å². The fourth-order valence-corrected chi connectivity index (χ4v) is 3.74. The van der Waals surface area contributed by atoms with Crippen LogP contribution in [0.1, 0.15) is 32.6 Å². The Morgan fingerprint density at radius 3 is 2.03 bits per heavy atom. The number of benzene rings is 4. The molecule has 35 heavy (non-hydrogen) atoms. The molecule has 1 N–H and O–H groups in total. The first-order valence-electron chi connectivity index (χ1n) is 11.5. The van der Waals surface area contributed by atoms with Crippen molar-refractivity contribution in [3.8, 4) is 0 Å². The summed E-state index contributed by atoms with van der Waals surface area (Å²) in [6.45, 7) is 2.77. The Labute approximate surface area is 205 Å². The van der Waals surface area contributed by atoms with Crippen LogP contribution in [-0.2, 0) is 24.3 Å². The van der Waals surface area contributed by atoms with Crippen molar-refractivity contribution < 1.29 is 14.0 Å². The van der Waals surface area contributed by atoms with E-state index in [2.05, 4.69) is 5.32 Å². The Morgan fingerprint density at radius 2 is 1.37 bits per heavy atom. The number of carbonyl (C=O) groups is 2. The number of anilines is 1. The van der Waals surface area contributed by atoms with Crippen LogP contribution in [0.2, 0.25) is 0 Å². The molecule has 5 heteroatoms. The van der Waals surface area contributed by atoms with Gasteiger partial charge in [-0.1, -0.05) is 72.3 Å². The van der Waals surface area contributed by atoms with Crippen LogP contribution >= 0.6 is 0 Å². The topological polar surface area (TPSA) is 49.4 Å². The average Bonchev–Trinajstić information content (AvgIpc) is 2.88. The Morgan fingerprint density at radius 1 is 0.743 bits per heavy atom. The molecule has 176 valence electrons. The van der Waals surface area contributed by atoms with Gasteiger partial charge in [-0.15, -0.1) is 0 Å². The van der Waals surface area contributed by atoms with Crippen molar-refractivity contribution in [1.29, 1.82) is 0 Å². The van der Waals surface area contributed by atoms with Crippen molar-refractivity contribution in [2.24, 2.45) is 0 Å². The maximum absolute atomic E-state index is 13.4. The van der Waals surface area contributed by atoms with Gasteiger partial charge in [-0.05, 0) is 60.0 Å². The highest BCUT2D eigenvalue weighted by Gasteiger charge is 2.18. The molecular formula is C30H27FN2O2. The van der Waals surface area contributed by atoms with Crippen molar-refractivity contribution in [3.05, 3.63) is 137 Å². The minimum atomic E-state index is -0.303. The second kappa shape index (κ2) is 11.3. The molecular weight excluding hydrogens is 439 g/mol. The van der Waals surface area contributed by atoms with Gasteiger partial charge < -0.3 is 10.2 Å². The lowest BCUT2D eigenvalue weighted by Crippen LogP contribution is -2.30. The molecule has 0 unspecified atom stereocenters. The van der Waals surface area contributed by atoms with Crippen molar-refractivity contribution >= 4 is 17.5 Å². The second-order valence-corrected chi connectivity index (χ2v) is 8.49. The summed E-state index contributed by atoms with van der Waals surface area (Å²) in [5.41, 5.74) is 5.18. The standard InChI is InChI=1S/C30H27FN2O2/c1-22-7-13-26(14-8-22)30(35)33(21-25-5-3-2-4-6-25)28-17-11-23(12-18-28)19-29(34)32-20-24-9-15-27(31)16-10-24/h2-18H,19-21H2,1H3,(H,32,34). The molecule has 0 aliphatic rings. The fourth-order valence-electron chi connectivity index (χ4n) is 3.74. The van der Waals surface area contributed by atoms with E-state index in [1.54, 1.807) is 17.0 Å². The number of amides is 2. The van der Waals surface area contributed by atoms with Gasteiger partial charge in [0.05, 0.1) is 13.0 Å². The third-order valence-electron chi connectivity index (χ3n) is 5.74. The van der Waals surface area contributed by atoms with Crippen LogP contribution in [0.5, 0.6) is 0 Å². The SMILES string of the molecule is Cc1ccc(C(=O)N(Cc2ccccc2)c2ccc(CC(=O)NCc3ccc(F)cc3)cc2)cc1. The van der Waals surface area contributed by atoms with Crippen LogP contribution in [0.3, 0.4) is 0 Å². The largest absolute Gasteiger partial charge is 0.352 e. The quantitative estimate of drug-likeness (QED) is 0.355. The van der Waals surface area contributed by atoms with Crippen LogP contribution in [0.15, 0.2) is 103 Å². The van der Waals surface area contributed by atoms with E-state index in [-0.39, 0.29) is 24.1 Å². The second-order valence-electron chi connectivity index (χ2n) is 8.49. The lowest BCUT2D eigenvalue weighted by atomic mass is 10.1. The molecule has 0 atom stereocenters. The zero-order valence-corrected chi connectivity index (χ0v) is 19.6. The number of halogens is 1. The van der Waals surface area contributed by atoms with Crippen molar-refractivity contribution in [3.63, 3.8) is 0 Å². The molecule has 0 spiro atoms. The van der Waals surface area contributed by atoms with Crippen LogP contribution in [0.4, 0.5) is 10.1 Å². The normalized spacial score (nSPS) is 10.6. The summed E-state index contributed by atoms with van der Waals surface area (Å²) in [5.74, 6) is -0.514. The van der Waals surface area contributed by atoms with E-state index in [0.29, 0.717) is 18.7 Å². The lowest BCUT2D eigenvalue weighted by Gasteiger charge is -2.23. The molecule has 4 nitrogen and oxygen atoms in total. The fraction of sp³-hybridized carbons (Fsp3) is 0.133. The van der Waals surface area contributed by atoms with Crippen LogP contribution in [0.25, 0.3) is 0 Å². The highest BCUT2D eigenvalue weighted by Crippen LogP contribution is 2.22. The van der Waals surface area contributed by atoms with Crippen molar-refractivity contribution in [2.45, 2.75) is 26.4 Å². The number of hydrogen-bond donors (Lipinski definition) is 1. The molecule has 0 radical (unpaired) electrons. The highest BCUT2D eigenvalue weighted by atomic mass is 19.1. The van der Waals surface area contributed by atoms with Gasteiger partial charge >= 0.3 is 0 Å². The van der Waals surface area contributed by atoms with E-state index in [1.165, 1.54) is 12.1 Å². The number of nitrogens with one attached hydrogen (secondary N) is 1. The van der Waals surface area contributed by atoms with E-state index in [1.807, 2.05) is 85.8 Å². The summed E-state index contributed by atoms with van der Waals surface area (Å²) in [5, 5.41) is 2.86. The number of rotatable bonds is 8. The van der Waals surface area contributed by atoms with Gasteiger partial charge in [0.1, 0.15) is 5.82 Å². The molecule has 0 aliphatic heterocycles. The van der Waals surface area contributed by atoms with E-state index >= 15 is 0 Å². The Kier molecular flexibility index (Phi) is 7.68. The predicted octanol–water partition coefficient (Wildman–Crippen LogP) is 5.84. The molecule has 0 aliphatic carbocycles. The van der Waals surface area contributed by atoms with E-state index in [9.17, 15) is 14.0 Å². The Hall–Kier alpha value is -4.25. The highest BCUT2D eigenvalue weighted by molar-refractivity contribution is 6.06. The van der Waals surface area contributed by atoms with Crippen molar-refractivity contribution in [1.82, 2.24) is 5.32 Å². The van der Waals surface area contributed by atoms with Gasteiger partial charge in [0.25, 0.3) is 5.91 Å². The first kappa shape index (κ1) is 23.9. The molecule has 4 aromatic rings. The van der Waals surface area contributed by atoms with E-state index in [0.717, 1.165) is 27.9 Å². The van der Waals surface area contributed by atoms with Gasteiger partial charge in [-0.2, -0.15) is 0 Å². The van der Waals surface area contributed by atoms with Crippen LogP contribution in [-0.4, -0.2) is 11.8 Å². The molecule has 0 saturated heterocycles. The van der Waals surface area contributed by atoms with Gasteiger partial charge in [-0.3, -0.25) is 9.59 Å². The molecule has 0 fully saturated rings. The third-order valence-corrected chi connectivity index (χ3v) is 5.74. The third kappa shape index (κ3) is 6.64. The smallest absolute Gasteiger partial charge is 0.258 e. The molecule has 2 amide bonds. The summed E-state index contributed by atoms with van der Waals surface area (Å²) in [6, 6.07) is 30.9. The molecule has 0 heterocycles. The minimum absolute atomic E-state index is 0.0846.